The Morgan fingerprint density at radius 2 is 1.88 bits per heavy atom. The van der Waals surface area contributed by atoms with Crippen LogP contribution in [0.5, 0.6) is 11.5 Å². The number of ether oxygens (including phenoxy) is 3. The van der Waals surface area contributed by atoms with Crippen molar-refractivity contribution in [1.29, 1.82) is 0 Å². The second-order valence-electron chi connectivity index (χ2n) is 5.91. The van der Waals surface area contributed by atoms with E-state index in [0.717, 1.165) is 28.4 Å². The Morgan fingerprint density at radius 1 is 1.20 bits per heavy atom. The van der Waals surface area contributed by atoms with Crippen molar-refractivity contribution in [1.82, 2.24) is 9.88 Å². The van der Waals surface area contributed by atoms with Crippen LogP contribution in [0.4, 0.5) is 0 Å². The van der Waals surface area contributed by atoms with Crippen molar-refractivity contribution in [3.05, 3.63) is 38.8 Å². The molecule has 7 heteroatoms. The van der Waals surface area contributed by atoms with Crippen molar-refractivity contribution in [2.24, 2.45) is 0 Å². The van der Waals surface area contributed by atoms with Crippen molar-refractivity contribution in [3.8, 4) is 11.5 Å². The van der Waals surface area contributed by atoms with E-state index in [0.29, 0.717) is 30.3 Å². The van der Waals surface area contributed by atoms with E-state index in [9.17, 15) is 4.79 Å². The molecule has 0 radical (unpaired) electrons. The minimum atomic E-state index is 0.0257. The van der Waals surface area contributed by atoms with E-state index in [2.05, 4.69) is 4.98 Å². The number of rotatable bonds is 5. The summed E-state index contributed by atoms with van der Waals surface area (Å²) in [6.45, 7) is 3.54. The summed E-state index contributed by atoms with van der Waals surface area (Å²) in [5.41, 5.74) is 3.06. The molecule has 2 heterocycles. The number of carbonyl (C=O) groups excluding carboxylic acids is 1. The lowest BCUT2D eigenvalue weighted by molar-refractivity contribution is 0.0738. The van der Waals surface area contributed by atoms with Gasteiger partial charge in [0.25, 0.3) is 5.91 Å². The van der Waals surface area contributed by atoms with Gasteiger partial charge >= 0.3 is 0 Å². The first-order valence-electron chi connectivity index (χ1n) is 8.05. The number of thiazole rings is 1. The summed E-state index contributed by atoms with van der Waals surface area (Å²) in [6, 6.07) is 3.97. The number of amides is 1. The fourth-order valence-corrected chi connectivity index (χ4v) is 4.04. The van der Waals surface area contributed by atoms with E-state index in [-0.39, 0.29) is 5.91 Å². The minimum absolute atomic E-state index is 0.0257. The third-order valence-corrected chi connectivity index (χ3v) is 5.43. The number of hydrogen-bond acceptors (Lipinski definition) is 6. The maximum Gasteiger partial charge on any atom is 0.266 e. The highest BCUT2D eigenvalue weighted by Gasteiger charge is 2.26. The van der Waals surface area contributed by atoms with E-state index >= 15 is 0 Å². The molecule has 2 aromatic rings. The minimum Gasteiger partial charge on any atom is -0.493 e. The van der Waals surface area contributed by atoms with E-state index in [1.54, 1.807) is 21.3 Å². The van der Waals surface area contributed by atoms with Crippen LogP contribution in [0.1, 0.15) is 31.5 Å². The fraction of sp³-hybridized carbons (Fsp3) is 0.444. The fourth-order valence-electron chi connectivity index (χ4n) is 3.04. The monoisotopic (exact) mass is 362 g/mol. The van der Waals surface area contributed by atoms with E-state index in [4.69, 9.17) is 14.2 Å². The molecule has 25 heavy (non-hydrogen) atoms. The highest BCUT2D eigenvalue weighted by atomic mass is 32.1. The third kappa shape index (κ3) is 3.48. The van der Waals surface area contributed by atoms with Gasteiger partial charge < -0.3 is 19.1 Å². The lowest BCUT2D eigenvalue weighted by Crippen LogP contribution is -2.35. The van der Waals surface area contributed by atoms with Crippen LogP contribution >= 0.6 is 11.3 Å². The molecule has 0 fully saturated rings. The predicted molar refractivity (Wildman–Crippen MR) is 95.6 cm³/mol. The summed E-state index contributed by atoms with van der Waals surface area (Å²) in [5.74, 6) is 1.44. The Kier molecular flexibility index (Phi) is 5.24. The Labute approximate surface area is 151 Å². The second-order valence-corrected chi connectivity index (χ2v) is 6.99. The molecule has 0 saturated carbocycles. The van der Waals surface area contributed by atoms with Gasteiger partial charge in [-0.2, -0.15) is 0 Å². The molecular formula is C18H22N2O4S. The van der Waals surface area contributed by atoms with Crippen molar-refractivity contribution < 1.29 is 19.0 Å². The smallest absolute Gasteiger partial charge is 0.266 e. The van der Waals surface area contributed by atoms with Crippen molar-refractivity contribution in [2.45, 2.75) is 26.5 Å². The van der Waals surface area contributed by atoms with Crippen LogP contribution in [0.25, 0.3) is 0 Å². The summed E-state index contributed by atoms with van der Waals surface area (Å²) in [5, 5.41) is 0.826. The molecule has 0 atom stereocenters. The molecule has 0 aliphatic carbocycles. The number of methoxy groups -OCH3 is 3. The number of benzene rings is 1. The van der Waals surface area contributed by atoms with Gasteiger partial charge in [-0.3, -0.25) is 4.79 Å². The molecule has 0 spiro atoms. The SMILES string of the molecule is COCc1nc(C)c(C(=O)N2CCc3cc(OC)c(OC)cc3C2)s1. The lowest BCUT2D eigenvalue weighted by Gasteiger charge is -2.29. The molecule has 3 rings (SSSR count). The van der Waals surface area contributed by atoms with E-state index in [1.807, 2.05) is 24.0 Å². The number of aryl methyl sites for hydroxylation is 1. The van der Waals surface area contributed by atoms with Gasteiger partial charge in [-0.25, -0.2) is 4.98 Å². The van der Waals surface area contributed by atoms with Crippen LogP contribution in [0, 0.1) is 6.92 Å². The van der Waals surface area contributed by atoms with Gasteiger partial charge in [-0.1, -0.05) is 0 Å². The first-order chi connectivity index (χ1) is 12.1. The third-order valence-electron chi connectivity index (χ3n) is 4.31. The number of aromatic nitrogens is 1. The zero-order valence-electron chi connectivity index (χ0n) is 14.9. The topological polar surface area (TPSA) is 60.9 Å². The molecular weight excluding hydrogens is 340 g/mol. The molecule has 6 nitrogen and oxygen atoms in total. The highest BCUT2D eigenvalue weighted by molar-refractivity contribution is 7.13. The van der Waals surface area contributed by atoms with Gasteiger partial charge in [0.15, 0.2) is 11.5 Å². The van der Waals surface area contributed by atoms with E-state index in [1.165, 1.54) is 16.9 Å². The molecule has 1 aliphatic heterocycles. The second kappa shape index (κ2) is 7.41. The average molecular weight is 362 g/mol. The zero-order valence-corrected chi connectivity index (χ0v) is 15.7. The number of carbonyl (C=O) groups is 1. The van der Waals surface area contributed by atoms with Crippen molar-refractivity contribution in [2.75, 3.05) is 27.9 Å². The van der Waals surface area contributed by atoms with Crippen LogP contribution < -0.4 is 9.47 Å². The average Bonchev–Trinajstić information content (AvgIpc) is 2.99. The standard InChI is InChI=1S/C18H22N2O4S/c1-11-17(25-16(19-11)10-22-2)18(21)20-6-5-12-7-14(23-3)15(24-4)8-13(12)9-20/h7-8H,5-6,9-10H2,1-4H3. The van der Waals surface area contributed by atoms with Gasteiger partial charge in [-0.15, -0.1) is 11.3 Å². The number of nitrogens with zero attached hydrogens (tertiary/aromatic N) is 2. The largest absolute Gasteiger partial charge is 0.493 e. The summed E-state index contributed by atoms with van der Waals surface area (Å²) >= 11 is 1.41. The maximum absolute atomic E-state index is 12.9. The molecule has 1 amide bonds. The normalized spacial score (nSPS) is 13.5. The van der Waals surface area contributed by atoms with Crippen molar-refractivity contribution >= 4 is 17.2 Å². The molecule has 1 aromatic heterocycles. The molecule has 0 unspecified atom stereocenters. The zero-order chi connectivity index (χ0) is 18.0. The van der Waals surface area contributed by atoms with Gasteiger partial charge in [0.05, 0.1) is 26.5 Å². The van der Waals surface area contributed by atoms with Crippen LogP contribution in [-0.2, 0) is 24.3 Å². The van der Waals surface area contributed by atoms with Crippen LogP contribution in [0.15, 0.2) is 12.1 Å². The van der Waals surface area contributed by atoms with Gasteiger partial charge in [0, 0.05) is 20.2 Å². The predicted octanol–water partition coefficient (Wildman–Crippen LogP) is 2.81. The summed E-state index contributed by atoms with van der Waals surface area (Å²) in [6.07, 6.45) is 0.796. The first kappa shape index (κ1) is 17.7. The maximum atomic E-state index is 12.9. The summed E-state index contributed by atoms with van der Waals surface area (Å²) in [4.78, 5) is 19.9. The molecule has 0 bridgehead atoms. The lowest BCUT2D eigenvalue weighted by atomic mass is 9.98. The Morgan fingerprint density at radius 3 is 2.52 bits per heavy atom. The van der Waals surface area contributed by atoms with Gasteiger partial charge in [0.1, 0.15) is 9.88 Å². The Hall–Kier alpha value is -2.12. The Balaban J connectivity index is 1.83. The highest BCUT2D eigenvalue weighted by Crippen LogP contribution is 2.34. The molecule has 134 valence electrons. The van der Waals surface area contributed by atoms with Gasteiger partial charge in [-0.05, 0) is 36.6 Å². The molecule has 0 N–H and O–H groups in total. The first-order valence-corrected chi connectivity index (χ1v) is 8.87. The number of fused-ring (bicyclic) bond motifs is 1. The quantitative estimate of drug-likeness (QED) is 0.818. The van der Waals surface area contributed by atoms with Crippen LogP contribution in [0.2, 0.25) is 0 Å². The van der Waals surface area contributed by atoms with Crippen molar-refractivity contribution in [3.63, 3.8) is 0 Å². The summed E-state index contributed by atoms with van der Waals surface area (Å²) < 4.78 is 15.9. The molecule has 1 aliphatic rings. The van der Waals surface area contributed by atoms with Gasteiger partial charge in [0.2, 0.25) is 0 Å². The Bertz CT molecular complexity index is 788. The van der Waals surface area contributed by atoms with Crippen LogP contribution in [-0.4, -0.2) is 43.7 Å². The van der Waals surface area contributed by atoms with E-state index < -0.39 is 0 Å². The number of hydrogen-bond donors (Lipinski definition) is 0. The van der Waals surface area contributed by atoms with Crippen LogP contribution in [0.3, 0.4) is 0 Å². The summed E-state index contributed by atoms with van der Waals surface area (Å²) in [7, 11) is 4.88. The molecule has 1 aromatic carbocycles. The molecule has 0 saturated heterocycles.